The zero-order valence-electron chi connectivity index (χ0n) is 6.26. The van der Waals surface area contributed by atoms with E-state index in [0.29, 0.717) is 18.8 Å². The van der Waals surface area contributed by atoms with E-state index in [2.05, 4.69) is 0 Å². The van der Waals surface area contributed by atoms with E-state index in [9.17, 15) is 0 Å². The molecule has 0 aromatic carbocycles. The summed E-state index contributed by atoms with van der Waals surface area (Å²) in [6, 6.07) is 1.95. The Morgan fingerprint density at radius 1 is 1.70 bits per heavy atom. The van der Waals surface area contributed by atoms with Crippen LogP contribution in [-0.4, -0.2) is 20.3 Å². The number of nitriles is 1. The third-order valence-electron chi connectivity index (χ3n) is 0.836. The van der Waals surface area contributed by atoms with Crippen LogP contribution in [0, 0.1) is 11.3 Å². The molecule has 0 atom stereocenters. The lowest BCUT2D eigenvalue weighted by Crippen LogP contribution is -1.92. The summed E-state index contributed by atoms with van der Waals surface area (Å²) in [5.41, 5.74) is 0.504. The van der Waals surface area contributed by atoms with Crippen molar-refractivity contribution >= 4 is 0 Å². The number of hydrogen-bond acceptors (Lipinski definition) is 3. The van der Waals surface area contributed by atoms with Crippen LogP contribution in [0.5, 0.6) is 0 Å². The van der Waals surface area contributed by atoms with Crippen LogP contribution in [0.3, 0.4) is 0 Å². The molecule has 0 amide bonds. The first-order valence-electron chi connectivity index (χ1n) is 3.04. The van der Waals surface area contributed by atoms with E-state index in [1.807, 2.05) is 13.0 Å². The van der Waals surface area contributed by atoms with Crippen molar-refractivity contribution in [2.45, 2.75) is 6.92 Å². The van der Waals surface area contributed by atoms with E-state index >= 15 is 0 Å². The standard InChI is InChI=1S/C7H11NO2/c1-3-10-6-7(4-8)5-9-2/h6H,3,5H2,1-2H3. The summed E-state index contributed by atoms with van der Waals surface area (Å²) in [6.07, 6.45) is 1.42. The normalized spacial score (nSPS) is 10.7. The van der Waals surface area contributed by atoms with Crippen LogP contribution in [-0.2, 0) is 9.47 Å². The Morgan fingerprint density at radius 2 is 2.40 bits per heavy atom. The lowest BCUT2D eigenvalue weighted by molar-refractivity contribution is 0.217. The van der Waals surface area contributed by atoms with Crippen molar-refractivity contribution in [3.05, 3.63) is 11.8 Å². The fourth-order valence-electron chi connectivity index (χ4n) is 0.432. The van der Waals surface area contributed by atoms with Gasteiger partial charge in [0.05, 0.1) is 25.0 Å². The lowest BCUT2D eigenvalue weighted by Gasteiger charge is -1.96. The summed E-state index contributed by atoms with van der Waals surface area (Å²) in [5, 5.41) is 8.41. The van der Waals surface area contributed by atoms with Gasteiger partial charge < -0.3 is 9.47 Å². The summed E-state index contributed by atoms with van der Waals surface area (Å²) in [7, 11) is 1.54. The van der Waals surface area contributed by atoms with Crippen molar-refractivity contribution in [2.24, 2.45) is 0 Å². The number of methoxy groups -OCH3 is 1. The van der Waals surface area contributed by atoms with Crippen LogP contribution in [0.25, 0.3) is 0 Å². The van der Waals surface area contributed by atoms with Gasteiger partial charge in [0, 0.05) is 7.11 Å². The molecule has 0 radical (unpaired) electrons. The molecule has 0 unspecified atom stereocenters. The maximum atomic E-state index is 8.41. The Bertz CT molecular complexity index is 146. The molecule has 0 aliphatic heterocycles. The minimum atomic E-state index is 0.316. The largest absolute Gasteiger partial charge is 0.500 e. The van der Waals surface area contributed by atoms with Gasteiger partial charge in [-0.2, -0.15) is 5.26 Å². The van der Waals surface area contributed by atoms with Crippen LogP contribution in [0.2, 0.25) is 0 Å². The topological polar surface area (TPSA) is 42.2 Å². The molecule has 0 aliphatic carbocycles. The van der Waals surface area contributed by atoms with E-state index in [0.717, 1.165) is 0 Å². The van der Waals surface area contributed by atoms with Gasteiger partial charge in [0.2, 0.25) is 0 Å². The second kappa shape index (κ2) is 6.12. The SMILES string of the molecule is CCOC=C(C#N)COC. The van der Waals surface area contributed by atoms with Gasteiger partial charge in [0.1, 0.15) is 6.07 Å². The molecule has 10 heavy (non-hydrogen) atoms. The van der Waals surface area contributed by atoms with Crippen LogP contribution in [0.15, 0.2) is 11.8 Å². The lowest BCUT2D eigenvalue weighted by atomic mass is 10.3. The Hall–Kier alpha value is -1.01. The van der Waals surface area contributed by atoms with Gasteiger partial charge in [-0.15, -0.1) is 0 Å². The highest BCUT2D eigenvalue weighted by Crippen LogP contribution is 1.92. The van der Waals surface area contributed by atoms with Crippen molar-refractivity contribution in [2.75, 3.05) is 20.3 Å². The predicted octanol–water partition coefficient (Wildman–Crippen LogP) is 1.08. The Kier molecular flexibility index (Phi) is 5.50. The molecule has 0 saturated heterocycles. The first-order valence-corrected chi connectivity index (χ1v) is 3.04. The highest BCUT2D eigenvalue weighted by atomic mass is 16.5. The molecule has 0 N–H and O–H groups in total. The fraction of sp³-hybridized carbons (Fsp3) is 0.571. The van der Waals surface area contributed by atoms with Gasteiger partial charge in [0.25, 0.3) is 0 Å². The summed E-state index contributed by atoms with van der Waals surface area (Å²) in [4.78, 5) is 0. The van der Waals surface area contributed by atoms with Crippen molar-refractivity contribution in [1.29, 1.82) is 5.26 Å². The van der Waals surface area contributed by atoms with Gasteiger partial charge in [0.15, 0.2) is 0 Å². The van der Waals surface area contributed by atoms with Crippen LogP contribution in [0.4, 0.5) is 0 Å². The first kappa shape index (κ1) is 8.99. The molecule has 0 aliphatic rings. The molecule has 3 nitrogen and oxygen atoms in total. The van der Waals surface area contributed by atoms with Crippen molar-refractivity contribution < 1.29 is 9.47 Å². The maximum Gasteiger partial charge on any atom is 0.100 e. The van der Waals surface area contributed by atoms with Crippen LogP contribution >= 0.6 is 0 Å². The molecule has 0 saturated carbocycles. The van der Waals surface area contributed by atoms with Crippen LogP contribution < -0.4 is 0 Å². The second-order valence-electron chi connectivity index (χ2n) is 1.64. The van der Waals surface area contributed by atoms with E-state index in [1.54, 1.807) is 0 Å². The Morgan fingerprint density at radius 3 is 2.80 bits per heavy atom. The van der Waals surface area contributed by atoms with Gasteiger partial charge in [-0.05, 0) is 6.92 Å². The van der Waals surface area contributed by atoms with Gasteiger partial charge in [-0.25, -0.2) is 0 Å². The van der Waals surface area contributed by atoms with E-state index in [1.165, 1.54) is 13.4 Å². The van der Waals surface area contributed by atoms with Gasteiger partial charge >= 0.3 is 0 Å². The summed E-state index contributed by atoms with van der Waals surface area (Å²) in [6.45, 7) is 2.75. The third-order valence-corrected chi connectivity index (χ3v) is 0.836. The molecule has 0 rings (SSSR count). The molecule has 0 aromatic rings. The molecule has 0 spiro atoms. The van der Waals surface area contributed by atoms with E-state index in [4.69, 9.17) is 14.7 Å². The van der Waals surface area contributed by atoms with Crippen molar-refractivity contribution in [3.8, 4) is 6.07 Å². The molecular formula is C7H11NO2. The smallest absolute Gasteiger partial charge is 0.100 e. The minimum Gasteiger partial charge on any atom is -0.500 e. The quantitative estimate of drug-likeness (QED) is 0.434. The molecule has 0 aromatic heterocycles. The molecule has 0 fully saturated rings. The minimum absolute atomic E-state index is 0.316. The first-order chi connectivity index (χ1) is 4.85. The van der Waals surface area contributed by atoms with Crippen molar-refractivity contribution in [3.63, 3.8) is 0 Å². The van der Waals surface area contributed by atoms with Gasteiger partial charge in [-0.3, -0.25) is 0 Å². The summed E-state index contributed by atoms with van der Waals surface area (Å²) < 4.78 is 9.60. The monoisotopic (exact) mass is 141 g/mol. The predicted molar refractivity (Wildman–Crippen MR) is 37.2 cm³/mol. The average molecular weight is 141 g/mol. The zero-order chi connectivity index (χ0) is 7.82. The number of ether oxygens (including phenoxy) is 2. The van der Waals surface area contributed by atoms with E-state index in [-0.39, 0.29) is 0 Å². The van der Waals surface area contributed by atoms with Crippen molar-refractivity contribution in [1.82, 2.24) is 0 Å². The Balaban J connectivity index is 3.70. The van der Waals surface area contributed by atoms with E-state index < -0.39 is 0 Å². The molecule has 0 heterocycles. The van der Waals surface area contributed by atoms with Crippen LogP contribution in [0.1, 0.15) is 6.92 Å². The number of nitrogens with zero attached hydrogens (tertiary/aromatic N) is 1. The highest BCUT2D eigenvalue weighted by Gasteiger charge is 1.91. The third kappa shape index (κ3) is 3.93. The maximum absolute atomic E-state index is 8.41. The second-order valence-corrected chi connectivity index (χ2v) is 1.64. The molecule has 0 bridgehead atoms. The Labute approximate surface area is 60.9 Å². The summed E-state index contributed by atoms with van der Waals surface area (Å²) >= 11 is 0. The summed E-state index contributed by atoms with van der Waals surface area (Å²) in [5.74, 6) is 0. The average Bonchev–Trinajstić information content (AvgIpc) is 1.98. The molecule has 56 valence electrons. The number of rotatable bonds is 4. The molecular weight excluding hydrogens is 130 g/mol. The fourth-order valence-corrected chi connectivity index (χ4v) is 0.432. The number of hydrogen-bond donors (Lipinski definition) is 0. The van der Waals surface area contributed by atoms with Gasteiger partial charge in [-0.1, -0.05) is 0 Å². The zero-order valence-corrected chi connectivity index (χ0v) is 6.26. The highest BCUT2D eigenvalue weighted by molar-refractivity contribution is 5.18. The molecule has 3 heteroatoms.